The Bertz CT molecular complexity index is 670. The molecule has 0 spiro atoms. The lowest BCUT2D eigenvalue weighted by atomic mass is 10.2. The van der Waals surface area contributed by atoms with Crippen LogP contribution in [-0.4, -0.2) is 32.4 Å². The number of rotatable bonds is 4. The van der Waals surface area contributed by atoms with Crippen LogP contribution in [0.4, 0.5) is 13.6 Å². The summed E-state index contributed by atoms with van der Waals surface area (Å²) in [6.45, 7) is -3.23. The third-order valence-corrected chi connectivity index (χ3v) is 4.06. The Morgan fingerprint density at radius 3 is 2.55 bits per heavy atom. The zero-order chi connectivity index (χ0) is 15.5. The first kappa shape index (κ1) is 15.6. The molecule has 0 aliphatic carbocycles. The van der Waals surface area contributed by atoms with E-state index in [-0.39, 0.29) is 4.31 Å². The number of primary amides is 1. The van der Waals surface area contributed by atoms with Gasteiger partial charge >= 0.3 is 12.6 Å². The molecule has 0 saturated carbocycles. The fourth-order valence-corrected chi connectivity index (χ4v) is 2.48. The quantitative estimate of drug-likeness (QED) is 0.886. The van der Waals surface area contributed by atoms with Gasteiger partial charge in [0.25, 0.3) is 10.0 Å². The summed E-state index contributed by atoms with van der Waals surface area (Å²) in [5, 5.41) is 8.92. The highest BCUT2D eigenvalue weighted by Crippen LogP contribution is 2.28. The van der Waals surface area contributed by atoms with Crippen molar-refractivity contribution in [3.63, 3.8) is 0 Å². The molecule has 108 valence electrons. The Morgan fingerprint density at radius 1 is 1.50 bits per heavy atom. The molecular weight excluding hydrogens is 296 g/mol. The maximum atomic E-state index is 12.2. The van der Waals surface area contributed by atoms with Crippen molar-refractivity contribution < 1.29 is 26.7 Å². The summed E-state index contributed by atoms with van der Waals surface area (Å²) in [4.78, 5) is 10.3. The lowest BCUT2D eigenvalue weighted by Gasteiger charge is -2.16. The maximum Gasteiger partial charge on any atom is 0.387 e. The summed E-state index contributed by atoms with van der Waals surface area (Å²) in [7, 11) is -3.55. The van der Waals surface area contributed by atoms with Crippen LogP contribution < -0.4 is 10.5 Å². The first-order chi connectivity index (χ1) is 9.21. The second-order valence-corrected chi connectivity index (χ2v) is 5.37. The molecule has 0 saturated heterocycles. The van der Waals surface area contributed by atoms with Crippen LogP contribution >= 0.6 is 0 Å². The van der Waals surface area contributed by atoms with Crippen LogP contribution in [0.25, 0.3) is 0 Å². The van der Waals surface area contributed by atoms with Gasteiger partial charge in [0.1, 0.15) is 22.3 Å². The molecule has 20 heavy (non-hydrogen) atoms. The third kappa shape index (κ3) is 2.94. The molecule has 1 rings (SSSR count). The average molecular weight is 305 g/mol. The number of alkyl halides is 2. The van der Waals surface area contributed by atoms with Crippen LogP contribution in [0.2, 0.25) is 0 Å². The molecule has 2 N–H and O–H groups in total. The van der Waals surface area contributed by atoms with E-state index in [1.807, 2.05) is 0 Å². The molecule has 7 nitrogen and oxygen atoms in total. The van der Waals surface area contributed by atoms with Crippen LogP contribution in [0.1, 0.15) is 5.56 Å². The Labute approximate surface area is 113 Å². The largest absolute Gasteiger partial charge is 0.433 e. The zero-order valence-corrected chi connectivity index (χ0v) is 10.9. The summed E-state index contributed by atoms with van der Waals surface area (Å²) in [5.74, 6) is -0.610. The molecule has 0 unspecified atom stereocenters. The Balaban J connectivity index is 3.47. The van der Waals surface area contributed by atoms with Gasteiger partial charge in [0, 0.05) is 7.05 Å². The normalized spacial score (nSPS) is 10.9. The Morgan fingerprint density at radius 2 is 2.10 bits per heavy atom. The molecule has 0 radical (unpaired) electrons. The summed E-state index contributed by atoms with van der Waals surface area (Å²) in [5.41, 5.74) is 4.21. The van der Waals surface area contributed by atoms with Gasteiger partial charge in [0.2, 0.25) is 0 Å². The third-order valence-electron chi connectivity index (χ3n) is 2.26. The number of nitrogens with two attached hydrogens (primary N) is 1. The van der Waals surface area contributed by atoms with Crippen molar-refractivity contribution in [3.05, 3.63) is 23.8 Å². The number of amides is 2. The molecule has 0 fully saturated rings. The first-order valence-corrected chi connectivity index (χ1v) is 6.42. The number of carbonyl (C=O) groups excluding carboxylic acids is 1. The highest BCUT2D eigenvalue weighted by Gasteiger charge is 2.28. The highest BCUT2D eigenvalue weighted by atomic mass is 32.2. The second-order valence-electron chi connectivity index (χ2n) is 3.43. The van der Waals surface area contributed by atoms with E-state index in [1.165, 1.54) is 6.07 Å². The van der Waals surface area contributed by atoms with E-state index in [0.29, 0.717) is 0 Å². The van der Waals surface area contributed by atoms with E-state index < -0.39 is 38.9 Å². The fourth-order valence-electron chi connectivity index (χ4n) is 1.30. The molecule has 0 bridgehead atoms. The van der Waals surface area contributed by atoms with Gasteiger partial charge in [-0.05, 0) is 12.1 Å². The van der Waals surface area contributed by atoms with Crippen molar-refractivity contribution in [1.82, 2.24) is 4.31 Å². The van der Waals surface area contributed by atoms with Gasteiger partial charge in [-0.25, -0.2) is 17.5 Å². The van der Waals surface area contributed by atoms with Crippen LogP contribution in [0, 0.1) is 11.3 Å². The molecule has 0 aliphatic rings. The smallest absolute Gasteiger partial charge is 0.387 e. The van der Waals surface area contributed by atoms with E-state index in [4.69, 9.17) is 11.0 Å². The number of ether oxygens (including phenoxy) is 1. The van der Waals surface area contributed by atoms with Crippen molar-refractivity contribution in [1.29, 1.82) is 5.26 Å². The minimum atomic E-state index is -4.43. The van der Waals surface area contributed by atoms with Crippen molar-refractivity contribution in [2.75, 3.05) is 7.05 Å². The standard InChI is InChI=1S/C10H9F2N3O4S/c1-15(10(14)16)20(17,18)8-4-2-3-7(6(8)5-13)19-9(11)12/h2-4,9H,1H3,(H2,14,16). The van der Waals surface area contributed by atoms with E-state index in [1.54, 1.807) is 0 Å². The lowest BCUT2D eigenvalue weighted by molar-refractivity contribution is -0.0502. The number of urea groups is 1. The predicted molar refractivity (Wildman–Crippen MR) is 62.3 cm³/mol. The monoisotopic (exact) mass is 305 g/mol. The molecule has 0 aromatic heterocycles. The topological polar surface area (TPSA) is 113 Å². The predicted octanol–water partition coefficient (Wildman–Crippen LogP) is 0.859. The minimum absolute atomic E-state index is 0.190. The number of nitriles is 1. The number of hydrogen-bond acceptors (Lipinski definition) is 5. The summed E-state index contributed by atoms with van der Waals surface area (Å²) in [6.07, 6.45) is 0. The van der Waals surface area contributed by atoms with Gasteiger partial charge in [0.15, 0.2) is 0 Å². The molecule has 1 aromatic carbocycles. The Hall–Kier alpha value is -2.41. The number of nitrogens with zero attached hydrogens (tertiary/aromatic N) is 2. The SMILES string of the molecule is CN(C(N)=O)S(=O)(=O)c1cccc(OC(F)F)c1C#N. The second kappa shape index (κ2) is 5.70. The summed E-state index contributed by atoms with van der Waals surface area (Å²) < 4.78 is 52.7. The first-order valence-electron chi connectivity index (χ1n) is 4.98. The molecular formula is C10H9F2N3O4S. The fraction of sp³-hybridized carbons (Fsp3) is 0.200. The number of benzene rings is 1. The molecule has 0 atom stereocenters. The Kier molecular flexibility index (Phi) is 4.46. The van der Waals surface area contributed by atoms with E-state index in [2.05, 4.69) is 4.74 Å². The van der Waals surface area contributed by atoms with Gasteiger partial charge in [-0.1, -0.05) is 6.07 Å². The summed E-state index contributed by atoms with van der Waals surface area (Å²) in [6, 6.07) is 3.25. The zero-order valence-electron chi connectivity index (χ0n) is 10.1. The van der Waals surface area contributed by atoms with Crippen molar-refractivity contribution >= 4 is 16.1 Å². The van der Waals surface area contributed by atoms with Gasteiger partial charge in [-0.2, -0.15) is 14.0 Å². The number of halogens is 2. The highest BCUT2D eigenvalue weighted by molar-refractivity contribution is 7.89. The van der Waals surface area contributed by atoms with Crippen molar-refractivity contribution in [2.45, 2.75) is 11.5 Å². The molecule has 10 heteroatoms. The average Bonchev–Trinajstić information content (AvgIpc) is 2.36. The lowest BCUT2D eigenvalue weighted by Crippen LogP contribution is -2.37. The number of carbonyl (C=O) groups is 1. The van der Waals surface area contributed by atoms with E-state index >= 15 is 0 Å². The molecule has 1 aromatic rings. The molecule has 0 heterocycles. The van der Waals surface area contributed by atoms with Crippen molar-refractivity contribution in [3.8, 4) is 11.8 Å². The van der Waals surface area contributed by atoms with E-state index in [0.717, 1.165) is 25.2 Å². The molecule has 0 aliphatic heterocycles. The minimum Gasteiger partial charge on any atom is -0.433 e. The number of sulfonamides is 1. The maximum absolute atomic E-state index is 12.2. The number of hydrogen-bond donors (Lipinski definition) is 1. The van der Waals surface area contributed by atoms with E-state index in [9.17, 15) is 22.0 Å². The van der Waals surface area contributed by atoms with Crippen LogP contribution in [0.5, 0.6) is 5.75 Å². The van der Waals surface area contributed by atoms with Crippen LogP contribution in [0.15, 0.2) is 23.1 Å². The van der Waals surface area contributed by atoms with Gasteiger partial charge in [-0.3, -0.25) is 0 Å². The van der Waals surface area contributed by atoms with Gasteiger partial charge in [-0.15, -0.1) is 0 Å². The molecule has 2 amide bonds. The van der Waals surface area contributed by atoms with Crippen LogP contribution in [0.3, 0.4) is 0 Å². The van der Waals surface area contributed by atoms with Crippen LogP contribution in [-0.2, 0) is 10.0 Å². The summed E-state index contributed by atoms with van der Waals surface area (Å²) >= 11 is 0. The van der Waals surface area contributed by atoms with Crippen molar-refractivity contribution in [2.24, 2.45) is 5.73 Å². The van der Waals surface area contributed by atoms with Gasteiger partial charge in [0.05, 0.1) is 0 Å². The van der Waals surface area contributed by atoms with Gasteiger partial charge < -0.3 is 10.5 Å².